The highest BCUT2D eigenvalue weighted by Crippen LogP contribution is 2.33. The van der Waals surface area contributed by atoms with E-state index in [-0.39, 0.29) is 23.2 Å². The number of aromatic hydroxyl groups is 1. The highest BCUT2D eigenvalue weighted by atomic mass is 35.5. The number of hydrogen-bond acceptors (Lipinski definition) is 6. The molecule has 0 unspecified atom stereocenters. The van der Waals surface area contributed by atoms with E-state index in [1.54, 1.807) is 24.3 Å². The molecule has 11 heteroatoms. The number of nitrogens with zero attached hydrogens (tertiary/aromatic N) is 3. The Labute approximate surface area is 186 Å². The molecule has 1 heterocycles. The molecular formula is C21H18ClF3N4O3. The van der Waals surface area contributed by atoms with E-state index in [0.717, 1.165) is 7.11 Å². The summed E-state index contributed by atoms with van der Waals surface area (Å²) in [5.41, 5.74) is -1.62. The number of carbonyl (C=O) groups is 1. The number of ether oxygens (including phenoxy) is 1. The second-order valence-electron chi connectivity index (χ2n) is 6.88. The van der Waals surface area contributed by atoms with Gasteiger partial charge in [-0.15, -0.1) is 0 Å². The highest BCUT2D eigenvalue weighted by molar-refractivity contribution is 6.33. The molecule has 3 rings (SSSR count). The topological polar surface area (TPSA) is 97.2 Å². The van der Waals surface area contributed by atoms with Gasteiger partial charge in [0.05, 0.1) is 5.02 Å². The highest BCUT2D eigenvalue weighted by Gasteiger charge is 2.57. The van der Waals surface area contributed by atoms with Gasteiger partial charge in [0.1, 0.15) is 0 Å². The summed E-state index contributed by atoms with van der Waals surface area (Å²) in [7, 11) is 0.811. The first-order valence-electron chi connectivity index (χ1n) is 9.24. The van der Waals surface area contributed by atoms with Crippen LogP contribution in [0, 0.1) is 0 Å². The SMILES string of the molecule is CO[C@@](C)(C(=O)NCc1ccc(Cl)c(-c2nc(O)nc(-c3ccccc3)n2)c1)C(F)(F)F. The monoisotopic (exact) mass is 466 g/mol. The Morgan fingerprint density at radius 2 is 1.75 bits per heavy atom. The maximum Gasteiger partial charge on any atom is 0.426 e. The molecule has 0 radical (unpaired) electrons. The minimum absolute atomic E-state index is 0.0616. The van der Waals surface area contributed by atoms with Crippen molar-refractivity contribution in [3.8, 4) is 28.8 Å². The van der Waals surface area contributed by atoms with Gasteiger partial charge in [-0.05, 0) is 24.6 Å². The average Bonchev–Trinajstić information content (AvgIpc) is 2.77. The fourth-order valence-corrected chi connectivity index (χ4v) is 2.95. The molecule has 0 spiro atoms. The summed E-state index contributed by atoms with van der Waals surface area (Å²) in [6.07, 6.45) is -4.90. The van der Waals surface area contributed by atoms with Crippen LogP contribution in [0.3, 0.4) is 0 Å². The number of rotatable bonds is 6. The molecule has 1 aromatic heterocycles. The van der Waals surface area contributed by atoms with Crippen molar-refractivity contribution >= 4 is 17.5 Å². The van der Waals surface area contributed by atoms with Crippen molar-refractivity contribution in [2.24, 2.45) is 0 Å². The van der Waals surface area contributed by atoms with E-state index in [4.69, 9.17) is 11.6 Å². The Hall–Kier alpha value is -3.24. The molecule has 1 amide bonds. The Morgan fingerprint density at radius 3 is 2.38 bits per heavy atom. The van der Waals surface area contributed by atoms with Crippen LogP contribution < -0.4 is 5.32 Å². The molecule has 7 nitrogen and oxygen atoms in total. The van der Waals surface area contributed by atoms with Crippen LogP contribution in [-0.2, 0) is 16.1 Å². The minimum Gasteiger partial charge on any atom is -0.479 e. The maximum absolute atomic E-state index is 13.2. The Balaban J connectivity index is 1.89. The standard InChI is InChI=1S/C21H18ClF3N4O3/c1-20(32-2,21(23,24)25)18(30)26-11-12-8-9-15(22)14(10-12)17-27-16(28-19(31)29-17)13-6-4-3-5-7-13/h3-10H,11H2,1-2H3,(H,26,30)(H,27,28,29,31)/t20-/m0/s1. The van der Waals surface area contributed by atoms with Gasteiger partial charge >= 0.3 is 12.2 Å². The number of hydrogen-bond donors (Lipinski definition) is 2. The molecule has 32 heavy (non-hydrogen) atoms. The third kappa shape index (κ3) is 4.81. The summed E-state index contributed by atoms with van der Waals surface area (Å²) in [5, 5.41) is 12.4. The first-order valence-corrected chi connectivity index (χ1v) is 9.62. The number of amides is 1. The van der Waals surface area contributed by atoms with Crippen LogP contribution in [0.2, 0.25) is 5.02 Å². The second kappa shape index (κ2) is 9.09. The lowest BCUT2D eigenvalue weighted by Crippen LogP contribution is -2.55. The number of methoxy groups -OCH3 is 1. The predicted octanol–water partition coefficient (Wildman–Crippen LogP) is 4.15. The van der Waals surface area contributed by atoms with E-state index in [2.05, 4.69) is 25.0 Å². The maximum atomic E-state index is 13.2. The molecule has 0 saturated heterocycles. The van der Waals surface area contributed by atoms with Gasteiger partial charge in [0.2, 0.25) is 5.60 Å². The normalized spacial score (nSPS) is 13.4. The van der Waals surface area contributed by atoms with Gasteiger partial charge in [-0.1, -0.05) is 48.0 Å². The molecule has 0 aliphatic heterocycles. The summed E-state index contributed by atoms with van der Waals surface area (Å²) in [6, 6.07) is 12.9. The van der Waals surface area contributed by atoms with E-state index in [1.807, 2.05) is 6.07 Å². The van der Waals surface area contributed by atoms with Crippen LogP contribution in [0.25, 0.3) is 22.8 Å². The van der Waals surface area contributed by atoms with Crippen molar-refractivity contribution in [2.75, 3.05) is 7.11 Å². The van der Waals surface area contributed by atoms with Crippen LogP contribution in [0.5, 0.6) is 6.01 Å². The lowest BCUT2D eigenvalue weighted by atomic mass is 10.0. The molecule has 0 bridgehead atoms. The van der Waals surface area contributed by atoms with Crippen molar-refractivity contribution in [1.29, 1.82) is 0 Å². The lowest BCUT2D eigenvalue weighted by Gasteiger charge is -2.29. The van der Waals surface area contributed by atoms with Crippen LogP contribution in [0.15, 0.2) is 48.5 Å². The number of alkyl halides is 3. The van der Waals surface area contributed by atoms with E-state index < -0.39 is 23.7 Å². The zero-order valence-corrected chi connectivity index (χ0v) is 17.7. The van der Waals surface area contributed by atoms with Gasteiger partial charge in [0.25, 0.3) is 5.91 Å². The Bertz CT molecular complexity index is 1130. The van der Waals surface area contributed by atoms with Crippen molar-refractivity contribution in [1.82, 2.24) is 20.3 Å². The molecule has 3 aromatic rings. The third-order valence-corrected chi connectivity index (χ3v) is 5.09. The van der Waals surface area contributed by atoms with Gasteiger partial charge in [0, 0.05) is 24.8 Å². The average molecular weight is 467 g/mol. The predicted molar refractivity (Wildman–Crippen MR) is 111 cm³/mol. The van der Waals surface area contributed by atoms with Crippen LogP contribution in [0.4, 0.5) is 13.2 Å². The van der Waals surface area contributed by atoms with E-state index >= 15 is 0 Å². The molecule has 0 fully saturated rings. The largest absolute Gasteiger partial charge is 0.479 e. The number of carbonyl (C=O) groups excluding carboxylic acids is 1. The Morgan fingerprint density at radius 1 is 1.09 bits per heavy atom. The van der Waals surface area contributed by atoms with Crippen molar-refractivity contribution in [2.45, 2.75) is 25.2 Å². The van der Waals surface area contributed by atoms with Crippen LogP contribution in [-0.4, -0.2) is 44.9 Å². The molecular weight excluding hydrogens is 449 g/mol. The molecule has 1 atom stereocenters. The van der Waals surface area contributed by atoms with Crippen molar-refractivity contribution in [3.05, 3.63) is 59.1 Å². The fraction of sp³-hybridized carbons (Fsp3) is 0.238. The fourth-order valence-electron chi connectivity index (χ4n) is 2.74. The quantitative estimate of drug-likeness (QED) is 0.566. The summed E-state index contributed by atoms with van der Waals surface area (Å²) in [4.78, 5) is 24.3. The van der Waals surface area contributed by atoms with Gasteiger partial charge in [0.15, 0.2) is 11.6 Å². The van der Waals surface area contributed by atoms with Crippen molar-refractivity contribution < 1.29 is 27.8 Å². The Kier molecular flexibility index (Phi) is 6.65. The molecule has 0 aliphatic rings. The van der Waals surface area contributed by atoms with Crippen LogP contribution >= 0.6 is 11.6 Å². The molecule has 2 aromatic carbocycles. The number of benzene rings is 2. The third-order valence-electron chi connectivity index (χ3n) is 4.76. The second-order valence-corrected chi connectivity index (χ2v) is 7.29. The minimum atomic E-state index is -4.90. The summed E-state index contributed by atoms with van der Waals surface area (Å²) >= 11 is 6.26. The first-order chi connectivity index (χ1) is 15.0. The lowest BCUT2D eigenvalue weighted by molar-refractivity contribution is -0.253. The molecule has 0 aliphatic carbocycles. The van der Waals surface area contributed by atoms with Gasteiger partial charge < -0.3 is 15.2 Å². The van der Waals surface area contributed by atoms with Crippen LogP contribution in [0.1, 0.15) is 12.5 Å². The summed E-state index contributed by atoms with van der Waals surface area (Å²) < 4.78 is 44.0. The first kappa shape index (κ1) is 23.4. The van der Waals surface area contributed by atoms with Gasteiger partial charge in [-0.25, -0.2) is 4.98 Å². The molecule has 168 valence electrons. The van der Waals surface area contributed by atoms with Crippen molar-refractivity contribution in [3.63, 3.8) is 0 Å². The number of aromatic nitrogens is 3. The van der Waals surface area contributed by atoms with E-state index in [0.29, 0.717) is 23.6 Å². The number of nitrogens with one attached hydrogen (secondary N) is 1. The smallest absolute Gasteiger partial charge is 0.426 e. The summed E-state index contributed by atoms with van der Waals surface area (Å²) in [6.45, 7) is 0.412. The van der Waals surface area contributed by atoms with Gasteiger partial charge in [-0.2, -0.15) is 23.1 Å². The van der Waals surface area contributed by atoms with Gasteiger partial charge in [-0.3, -0.25) is 4.79 Å². The zero-order chi connectivity index (χ0) is 23.5. The van der Waals surface area contributed by atoms with E-state index in [1.165, 1.54) is 18.2 Å². The molecule has 0 saturated carbocycles. The summed E-state index contributed by atoms with van der Waals surface area (Å²) in [5.74, 6) is -1.07. The zero-order valence-electron chi connectivity index (χ0n) is 16.9. The van der Waals surface area contributed by atoms with E-state index in [9.17, 15) is 23.1 Å². The molecule has 2 N–H and O–H groups in total. The number of halogens is 4.